The van der Waals surface area contributed by atoms with Gasteiger partial charge in [-0.05, 0) is 98.8 Å². The quantitative estimate of drug-likeness (QED) is 0.812. The Balaban J connectivity index is 1.44. The largest absolute Gasteiger partial charge is 0.493 e. The molecule has 0 heterocycles. The van der Waals surface area contributed by atoms with Crippen molar-refractivity contribution in [1.82, 2.24) is 5.32 Å². The molecule has 4 fully saturated rings. The Kier molecular flexibility index (Phi) is 4.85. The maximum Gasteiger partial charge on any atom is 0.224 e. The molecule has 27 heavy (non-hydrogen) atoms. The van der Waals surface area contributed by atoms with Gasteiger partial charge in [-0.25, -0.2) is 0 Å². The van der Waals surface area contributed by atoms with E-state index >= 15 is 0 Å². The molecular weight excluding hydrogens is 338 g/mol. The minimum Gasteiger partial charge on any atom is -0.493 e. The lowest BCUT2D eigenvalue weighted by Crippen LogP contribution is -2.56. The summed E-state index contributed by atoms with van der Waals surface area (Å²) < 4.78 is 10.8. The van der Waals surface area contributed by atoms with Crippen LogP contribution in [0.4, 0.5) is 0 Å². The molecule has 1 aromatic carbocycles. The molecule has 4 saturated carbocycles. The molecule has 4 aliphatic rings. The Morgan fingerprint density at radius 2 is 1.59 bits per heavy atom. The second-order valence-electron chi connectivity index (χ2n) is 9.38. The second kappa shape index (κ2) is 7.03. The average Bonchev–Trinajstić information content (AvgIpc) is 2.61. The van der Waals surface area contributed by atoms with Crippen molar-refractivity contribution in [3.05, 3.63) is 23.3 Å². The lowest BCUT2D eigenvalue weighted by atomic mass is 9.48. The third-order valence-electron chi connectivity index (χ3n) is 7.57. The molecule has 0 spiro atoms. The first-order chi connectivity index (χ1) is 12.9. The molecule has 4 aliphatic carbocycles. The van der Waals surface area contributed by atoms with Gasteiger partial charge in [-0.15, -0.1) is 0 Å². The summed E-state index contributed by atoms with van der Waals surface area (Å²) in [6.07, 6.45) is 8.64. The van der Waals surface area contributed by atoms with Crippen LogP contribution in [0.15, 0.2) is 12.1 Å². The van der Waals surface area contributed by atoms with Crippen molar-refractivity contribution >= 4 is 5.91 Å². The highest BCUT2D eigenvalue weighted by Gasteiger charge is 2.53. The third-order valence-corrected chi connectivity index (χ3v) is 7.57. The first kappa shape index (κ1) is 18.6. The van der Waals surface area contributed by atoms with E-state index in [-0.39, 0.29) is 11.9 Å². The minimum absolute atomic E-state index is 0.119. The monoisotopic (exact) mass is 371 g/mol. The highest BCUT2D eigenvalue weighted by atomic mass is 16.5. The number of hydrogen-bond donors (Lipinski definition) is 1. The van der Waals surface area contributed by atoms with E-state index in [2.05, 4.69) is 12.2 Å². The first-order valence-corrected chi connectivity index (χ1v) is 10.4. The van der Waals surface area contributed by atoms with Crippen molar-refractivity contribution in [2.75, 3.05) is 14.2 Å². The van der Waals surface area contributed by atoms with E-state index in [0.29, 0.717) is 23.3 Å². The summed E-state index contributed by atoms with van der Waals surface area (Å²) in [6, 6.07) is 4.14. The number of rotatable bonds is 6. The van der Waals surface area contributed by atoms with Crippen LogP contribution in [0.1, 0.15) is 56.6 Å². The Labute approximate surface area is 163 Å². The van der Waals surface area contributed by atoms with Crippen LogP contribution in [0.3, 0.4) is 0 Å². The lowest BCUT2D eigenvalue weighted by Gasteiger charge is -2.59. The predicted octanol–water partition coefficient (Wildman–Crippen LogP) is 4.28. The van der Waals surface area contributed by atoms with Gasteiger partial charge in [0.05, 0.1) is 20.6 Å². The molecule has 1 N–H and O–H groups in total. The summed E-state index contributed by atoms with van der Waals surface area (Å²) in [4.78, 5) is 12.8. The Hall–Kier alpha value is -1.71. The summed E-state index contributed by atoms with van der Waals surface area (Å²) in [7, 11) is 3.27. The number of carbonyl (C=O) groups excluding carboxylic acids is 1. The number of carbonyl (C=O) groups is 1. The van der Waals surface area contributed by atoms with Gasteiger partial charge >= 0.3 is 0 Å². The van der Waals surface area contributed by atoms with Crippen molar-refractivity contribution < 1.29 is 14.3 Å². The van der Waals surface area contributed by atoms with E-state index in [1.165, 1.54) is 38.5 Å². The molecule has 1 unspecified atom stereocenters. The third kappa shape index (κ3) is 3.43. The van der Waals surface area contributed by atoms with E-state index in [4.69, 9.17) is 9.47 Å². The van der Waals surface area contributed by atoms with Crippen molar-refractivity contribution in [1.29, 1.82) is 0 Å². The Bertz CT molecular complexity index is 691. The van der Waals surface area contributed by atoms with E-state index in [9.17, 15) is 4.79 Å². The molecule has 0 saturated heterocycles. The van der Waals surface area contributed by atoms with E-state index in [1.807, 2.05) is 19.1 Å². The van der Waals surface area contributed by atoms with Gasteiger partial charge < -0.3 is 14.8 Å². The summed E-state index contributed by atoms with van der Waals surface area (Å²) in [5, 5.41) is 3.37. The summed E-state index contributed by atoms with van der Waals surface area (Å²) >= 11 is 0. The van der Waals surface area contributed by atoms with Gasteiger partial charge in [0.1, 0.15) is 0 Å². The lowest BCUT2D eigenvalue weighted by molar-refractivity contribution is -0.125. The second-order valence-corrected chi connectivity index (χ2v) is 9.38. The van der Waals surface area contributed by atoms with Crippen LogP contribution < -0.4 is 14.8 Å². The molecule has 1 amide bonds. The van der Waals surface area contributed by atoms with E-state index < -0.39 is 0 Å². The van der Waals surface area contributed by atoms with Gasteiger partial charge in [0.2, 0.25) is 5.91 Å². The van der Waals surface area contributed by atoms with Gasteiger partial charge in [0, 0.05) is 6.04 Å². The minimum atomic E-state index is 0.119. The van der Waals surface area contributed by atoms with Crippen LogP contribution in [-0.2, 0) is 11.2 Å². The number of benzene rings is 1. The van der Waals surface area contributed by atoms with Crippen LogP contribution in [0.2, 0.25) is 0 Å². The standard InChI is InChI=1S/C23H33NO3/c1-14-5-20(26-3)21(27-4)9-19(14)10-22(25)24-15(2)23-11-16-6-17(12-23)8-18(7-16)13-23/h5,9,15-18H,6-8,10-13H2,1-4H3,(H,24,25). The first-order valence-electron chi connectivity index (χ1n) is 10.4. The molecule has 1 atom stereocenters. The molecule has 4 bridgehead atoms. The predicted molar refractivity (Wildman–Crippen MR) is 106 cm³/mol. The Morgan fingerprint density at radius 1 is 1.07 bits per heavy atom. The van der Waals surface area contributed by atoms with Gasteiger partial charge in [0.15, 0.2) is 11.5 Å². The number of ether oxygens (including phenoxy) is 2. The van der Waals surface area contributed by atoms with Crippen LogP contribution in [-0.4, -0.2) is 26.2 Å². The normalized spacial score (nSPS) is 32.2. The zero-order valence-corrected chi connectivity index (χ0v) is 17.1. The molecule has 148 valence electrons. The van der Waals surface area contributed by atoms with Crippen molar-refractivity contribution in [3.8, 4) is 11.5 Å². The molecule has 1 aromatic rings. The highest BCUT2D eigenvalue weighted by molar-refractivity contribution is 5.79. The molecule has 4 heteroatoms. The van der Waals surface area contributed by atoms with Crippen LogP contribution >= 0.6 is 0 Å². The number of hydrogen-bond acceptors (Lipinski definition) is 3. The van der Waals surface area contributed by atoms with E-state index in [0.717, 1.165) is 28.9 Å². The van der Waals surface area contributed by atoms with Gasteiger partial charge in [0.25, 0.3) is 0 Å². The number of aryl methyl sites for hydroxylation is 1. The molecule has 0 aromatic heterocycles. The highest BCUT2D eigenvalue weighted by Crippen LogP contribution is 2.61. The average molecular weight is 372 g/mol. The number of amides is 1. The number of methoxy groups -OCH3 is 2. The smallest absolute Gasteiger partial charge is 0.224 e. The van der Waals surface area contributed by atoms with Gasteiger partial charge in [-0.2, -0.15) is 0 Å². The molecule has 5 rings (SSSR count). The number of nitrogens with one attached hydrogen (secondary N) is 1. The van der Waals surface area contributed by atoms with Crippen LogP contribution in [0, 0.1) is 30.1 Å². The maximum atomic E-state index is 12.8. The summed E-state index contributed by atoms with van der Waals surface area (Å²) in [5.74, 6) is 4.23. The summed E-state index contributed by atoms with van der Waals surface area (Å²) in [6.45, 7) is 4.26. The van der Waals surface area contributed by atoms with E-state index in [1.54, 1.807) is 14.2 Å². The summed E-state index contributed by atoms with van der Waals surface area (Å²) in [5.41, 5.74) is 2.41. The fourth-order valence-corrected chi connectivity index (χ4v) is 6.54. The molecular formula is C23H33NO3. The van der Waals surface area contributed by atoms with Crippen LogP contribution in [0.25, 0.3) is 0 Å². The molecule has 4 nitrogen and oxygen atoms in total. The van der Waals surface area contributed by atoms with Gasteiger partial charge in [-0.1, -0.05) is 0 Å². The molecule has 0 aliphatic heterocycles. The Morgan fingerprint density at radius 3 is 2.11 bits per heavy atom. The SMILES string of the molecule is COc1cc(C)c(CC(=O)NC(C)C23CC4CC(CC(C4)C2)C3)cc1OC. The zero-order chi connectivity index (χ0) is 19.2. The van der Waals surface area contributed by atoms with Crippen LogP contribution in [0.5, 0.6) is 11.5 Å². The fraction of sp³-hybridized carbons (Fsp3) is 0.696. The topological polar surface area (TPSA) is 47.6 Å². The van der Waals surface area contributed by atoms with Gasteiger partial charge in [-0.3, -0.25) is 4.79 Å². The molecule has 0 radical (unpaired) electrons. The van der Waals surface area contributed by atoms with Crippen molar-refractivity contribution in [2.45, 2.75) is 64.8 Å². The zero-order valence-electron chi connectivity index (χ0n) is 17.1. The fourth-order valence-electron chi connectivity index (χ4n) is 6.54. The van der Waals surface area contributed by atoms with Crippen molar-refractivity contribution in [2.24, 2.45) is 23.2 Å². The van der Waals surface area contributed by atoms with Crippen molar-refractivity contribution in [3.63, 3.8) is 0 Å². The maximum absolute atomic E-state index is 12.8.